The minimum absolute atomic E-state index is 0.0828. The van der Waals surface area contributed by atoms with E-state index in [0.717, 1.165) is 11.3 Å². The van der Waals surface area contributed by atoms with Crippen molar-refractivity contribution in [3.63, 3.8) is 0 Å². The lowest BCUT2D eigenvalue weighted by Crippen LogP contribution is -2.11. The third kappa shape index (κ3) is 2.21. The summed E-state index contributed by atoms with van der Waals surface area (Å²) in [6.07, 6.45) is 0. The normalized spacial score (nSPS) is 11.6. The summed E-state index contributed by atoms with van der Waals surface area (Å²) in [5.74, 6) is 0. The van der Waals surface area contributed by atoms with Crippen molar-refractivity contribution in [2.24, 2.45) is 5.14 Å². The molecule has 0 saturated carbocycles. The van der Waals surface area contributed by atoms with Gasteiger partial charge in [-0.1, -0.05) is 12.1 Å². The zero-order valence-corrected chi connectivity index (χ0v) is 9.75. The number of nitrogens with zero attached hydrogens (tertiary/aromatic N) is 1. The molecule has 0 fully saturated rings. The van der Waals surface area contributed by atoms with Gasteiger partial charge in [-0.2, -0.15) is 0 Å². The van der Waals surface area contributed by atoms with Gasteiger partial charge in [-0.25, -0.2) is 18.5 Å². The van der Waals surface area contributed by atoms with E-state index >= 15 is 0 Å². The molecule has 2 aromatic rings. The zero-order valence-electron chi connectivity index (χ0n) is 8.12. The smallest absolute Gasteiger partial charge is 0.238 e. The Labute approximate surface area is 96.8 Å². The largest absolute Gasteiger partial charge is 0.375 e. The molecule has 16 heavy (non-hydrogen) atoms. The fourth-order valence-electron chi connectivity index (χ4n) is 1.24. The van der Waals surface area contributed by atoms with E-state index in [4.69, 9.17) is 10.9 Å². The Morgan fingerprint density at radius 2 is 1.81 bits per heavy atom. The number of nitrogen functional groups attached to an aromatic ring is 1. The molecule has 0 aliphatic rings. The van der Waals surface area contributed by atoms with Gasteiger partial charge in [0.15, 0.2) is 5.13 Å². The maximum atomic E-state index is 11.0. The number of primary sulfonamides is 1. The Bertz CT molecular complexity index is 602. The molecule has 5 nitrogen and oxygen atoms in total. The van der Waals surface area contributed by atoms with E-state index in [9.17, 15) is 8.42 Å². The van der Waals surface area contributed by atoms with Gasteiger partial charge in [-0.3, -0.25) is 0 Å². The first kappa shape index (κ1) is 11.1. The van der Waals surface area contributed by atoms with E-state index in [1.165, 1.54) is 23.5 Å². The molecular weight excluding hydrogens is 246 g/mol. The summed E-state index contributed by atoms with van der Waals surface area (Å²) < 4.78 is 22.1. The molecule has 0 radical (unpaired) electrons. The Morgan fingerprint density at radius 3 is 2.25 bits per heavy atom. The Balaban J connectivity index is 2.40. The molecule has 2 rings (SSSR count). The lowest BCUT2D eigenvalue weighted by molar-refractivity contribution is 0.598. The summed E-state index contributed by atoms with van der Waals surface area (Å²) in [6, 6.07) is 6.18. The minimum Gasteiger partial charge on any atom is -0.375 e. The summed E-state index contributed by atoms with van der Waals surface area (Å²) in [6.45, 7) is 0. The van der Waals surface area contributed by atoms with Gasteiger partial charge < -0.3 is 5.73 Å². The maximum Gasteiger partial charge on any atom is 0.238 e. The molecule has 4 N–H and O–H groups in total. The number of hydrogen-bond acceptors (Lipinski definition) is 5. The number of nitrogens with two attached hydrogens (primary N) is 2. The maximum absolute atomic E-state index is 11.0. The second-order valence-electron chi connectivity index (χ2n) is 3.14. The number of hydrogen-bond donors (Lipinski definition) is 2. The third-order valence-corrected chi connectivity index (χ3v) is 3.60. The Morgan fingerprint density at radius 1 is 1.19 bits per heavy atom. The molecule has 1 aromatic heterocycles. The van der Waals surface area contributed by atoms with Gasteiger partial charge in [0.1, 0.15) is 0 Å². The monoisotopic (exact) mass is 255 g/mol. The van der Waals surface area contributed by atoms with E-state index in [1.807, 2.05) is 0 Å². The second kappa shape index (κ2) is 3.85. The van der Waals surface area contributed by atoms with Crippen molar-refractivity contribution in [1.82, 2.24) is 4.98 Å². The highest BCUT2D eigenvalue weighted by Gasteiger charge is 2.08. The van der Waals surface area contributed by atoms with Crippen molar-refractivity contribution in [1.29, 1.82) is 0 Å². The van der Waals surface area contributed by atoms with E-state index in [0.29, 0.717) is 5.13 Å². The van der Waals surface area contributed by atoms with Gasteiger partial charge in [0.05, 0.1) is 10.6 Å². The Hall–Kier alpha value is -1.44. The van der Waals surface area contributed by atoms with Crippen LogP contribution in [0.1, 0.15) is 0 Å². The van der Waals surface area contributed by atoms with Crippen LogP contribution in [0.15, 0.2) is 34.5 Å². The first-order chi connectivity index (χ1) is 7.47. The zero-order chi connectivity index (χ0) is 11.8. The van der Waals surface area contributed by atoms with Crippen molar-refractivity contribution in [2.45, 2.75) is 4.90 Å². The quantitative estimate of drug-likeness (QED) is 0.837. The molecule has 0 spiro atoms. The van der Waals surface area contributed by atoms with Crippen LogP contribution in [0.5, 0.6) is 0 Å². The molecule has 0 aliphatic carbocycles. The predicted molar refractivity (Wildman–Crippen MR) is 63.3 cm³/mol. The van der Waals surface area contributed by atoms with Crippen molar-refractivity contribution in [3.8, 4) is 11.3 Å². The average Bonchev–Trinajstić information content (AvgIpc) is 2.64. The first-order valence-electron chi connectivity index (χ1n) is 4.31. The van der Waals surface area contributed by atoms with Crippen LogP contribution in [0.25, 0.3) is 11.3 Å². The number of rotatable bonds is 2. The van der Waals surface area contributed by atoms with Gasteiger partial charge >= 0.3 is 0 Å². The molecule has 1 aromatic carbocycles. The SMILES string of the molecule is Nc1nc(-c2ccc(S(N)(=O)=O)cc2)cs1. The van der Waals surface area contributed by atoms with Crippen LogP contribution in [0, 0.1) is 0 Å². The Kier molecular flexibility index (Phi) is 2.66. The number of benzene rings is 1. The van der Waals surface area contributed by atoms with Crippen LogP contribution in [-0.2, 0) is 10.0 Å². The summed E-state index contributed by atoms with van der Waals surface area (Å²) in [7, 11) is -3.64. The lowest BCUT2D eigenvalue weighted by atomic mass is 10.2. The van der Waals surface area contributed by atoms with Gasteiger partial charge in [0.2, 0.25) is 10.0 Å². The van der Waals surface area contributed by atoms with Crippen LogP contribution in [-0.4, -0.2) is 13.4 Å². The van der Waals surface area contributed by atoms with Crippen LogP contribution >= 0.6 is 11.3 Å². The van der Waals surface area contributed by atoms with Crippen LogP contribution in [0.4, 0.5) is 5.13 Å². The highest BCUT2D eigenvalue weighted by molar-refractivity contribution is 7.89. The summed E-state index contributed by atoms with van der Waals surface area (Å²) in [4.78, 5) is 4.17. The first-order valence-corrected chi connectivity index (χ1v) is 6.73. The highest BCUT2D eigenvalue weighted by atomic mass is 32.2. The second-order valence-corrected chi connectivity index (χ2v) is 5.59. The molecule has 84 valence electrons. The molecule has 0 atom stereocenters. The number of anilines is 1. The van der Waals surface area contributed by atoms with Gasteiger partial charge in [-0.05, 0) is 12.1 Å². The average molecular weight is 255 g/mol. The standard InChI is InChI=1S/C9H9N3O2S2/c10-9-12-8(5-15-9)6-1-3-7(4-2-6)16(11,13)14/h1-5H,(H2,10,12)(H2,11,13,14). The fourth-order valence-corrected chi connectivity index (χ4v) is 2.32. The molecule has 0 unspecified atom stereocenters. The van der Waals surface area contributed by atoms with Gasteiger partial charge in [-0.15, -0.1) is 11.3 Å². The molecule has 1 heterocycles. The number of sulfonamides is 1. The van der Waals surface area contributed by atoms with Crippen molar-refractivity contribution in [2.75, 3.05) is 5.73 Å². The summed E-state index contributed by atoms with van der Waals surface area (Å²) in [5.41, 5.74) is 7.04. The van der Waals surface area contributed by atoms with E-state index < -0.39 is 10.0 Å². The van der Waals surface area contributed by atoms with E-state index in [1.54, 1.807) is 17.5 Å². The molecule has 0 saturated heterocycles. The number of aromatic nitrogens is 1. The van der Waals surface area contributed by atoms with Crippen LogP contribution in [0.2, 0.25) is 0 Å². The van der Waals surface area contributed by atoms with Crippen molar-refractivity contribution < 1.29 is 8.42 Å². The van der Waals surface area contributed by atoms with E-state index in [-0.39, 0.29) is 4.90 Å². The lowest BCUT2D eigenvalue weighted by Gasteiger charge is -1.99. The van der Waals surface area contributed by atoms with Gasteiger partial charge in [0.25, 0.3) is 0 Å². The van der Waals surface area contributed by atoms with Crippen molar-refractivity contribution in [3.05, 3.63) is 29.6 Å². The van der Waals surface area contributed by atoms with E-state index in [2.05, 4.69) is 4.98 Å². The molecule has 0 amide bonds. The minimum atomic E-state index is -3.64. The fraction of sp³-hybridized carbons (Fsp3) is 0. The summed E-state index contributed by atoms with van der Waals surface area (Å²) in [5, 5.41) is 7.27. The van der Waals surface area contributed by atoms with Crippen LogP contribution in [0.3, 0.4) is 0 Å². The topological polar surface area (TPSA) is 99.1 Å². The molecule has 7 heteroatoms. The predicted octanol–water partition coefficient (Wildman–Crippen LogP) is 1.04. The van der Waals surface area contributed by atoms with Crippen molar-refractivity contribution >= 4 is 26.5 Å². The van der Waals surface area contributed by atoms with Crippen LogP contribution < -0.4 is 10.9 Å². The highest BCUT2D eigenvalue weighted by Crippen LogP contribution is 2.23. The third-order valence-electron chi connectivity index (χ3n) is 2.00. The molecule has 0 aliphatic heterocycles. The van der Waals surface area contributed by atoms with Gasteiger partial charge in [0, 0.05) is 10.9 Å². The molecular formula is C9H9N3O2S2. The summed E-state index contributed by atoms with van der Waals surface area (Å²) >= 11 is 1.33. The molecule has 0 bridgehead atoms. The number of thiazole rings is 1.